The molecule has 0 aromatic carbocycles. The van der Waals surface area contributed by atoms with Crippen molar-refractivity contribution in [3.05, 3.63) is 0 Å². The highest BCUT2D eigenvalue weighted by Crippen LogP contribution is 2.18. The number of hydrogen-bond donors (Lipinski definition) is 1. The summed E-state index contributed by atoms with van der Waals surface area (Å²) in [6, 6.07) is 0.242. The Morgan fingerprint density at radius 1 is 1.64 bits per heavy atom. The van der Waals surface area contributed by atoms with Crippen molar-refractivity contribution in [2.24, 2.45) is 5.92 Å². The van der Waals surface area contributed by atoms with E-state index in [1.807, 2.05) is 0 Å². The molecule has 0 aromatic rings. The number of esters is 1. The second kappa shape index (κ2) is 5.32. The lowest BCUT2D eigenvalue weighted by Gasteiger charge is -2.35. The topological polar surface area (TPSA) is 41.6 Å². The summed E-state index contributed by atoms with van der Waals surface area (Å²) >= 11 is 0. The molecule has 0 spiro atoms. The molecule has 0 radical (unpaired) electrons. The Morgan fingerprint density at radius 3 is 2.93 bits per heavy atom. The molecule has 2 unspecified atom stereocenters. The van der Waals surface area contributed by atoms with E-state index in [1.54, 1.807) is 0 Å². The van der Waals surface area contributed by atoms with Crippen LogP contribution >= 0.6 is 0 Å². The number of rotatable bonds is 3. The normalized spacial score (nSPS) is 28.8. The number of piperidine rings is 1. The van der Waals surface area contributed by atoms with Gasteiger partial charge < -0.3 is 15.0 Å². The average Bonchev–Trinajstić information content (AvgIpc) is 2.17. The van der Waals surface area contributed by atoms with Gasteiger partial charge in [-0.25, -0.2) is 0 Å². The van der Waals surface area contributed by atoms with Crippen LogP contribution in [0.4, 0.5) is 0 Å². The van der Waals surface area contributed by atoms with E-state index in [0.29, 0.717) is 0 Å². The van der Waals surface area contributed by atoms with Crippen LogP contribution in [0.2, 0.25) is 0 Å². The monoisotopic (exact) mass is 200 g/mol. The number of ether oxygens (including phenoxy) is 1. The molecule has 0 bridgehead atoms. The molecule has 4 heteroatoms. The van der Waals surface area contributed by atoms with E-state index in [4.69, 9.17) is 4.74 Å². The molecule has 0 saturated carbocycles. The summed E-state index contributed by atoms with van der Waals surface area (Å²) < 4.78 is 4.80. The van der Waals surface area contributed by atoms with Crippen LogP contribution in [0.3, 0.4) is 0 Å². The number of likely N-dealkylation sites (N-methyl/N-ethyl adjacent to an activating group) is 2. The van der Waals surface area contributed by atoms with Crippen LogP contribution < -0.4 is 5.32 Å². The zero-order chi connectivity index (χ0) is 10.6. The fourth-order valence-electron chi connectivity index (χ4n) is 2.02. The predicted molar refractivity (Wildman–Crippen MR) is 55.1 cm³/mol. The molecule has 1 rings (SSSR count). The maximum absolute atomic E-state index is 11.5. The van der Waals surface area contributed by atoms with Gasteiger partial charge in [0.25, 0.3) is 0 Å². The third kappa shape index (κ3) is 2.69. The predicted octanol–water partition coefficient (Wildman–Crippen LogP) is 0.0892. The van der Waals surface area contributed by atoms with Crippen LogP contribution in [0.15, 0.2) is 0 Å². The third-order valence-electron chi connectivity index (χ3n) is 2.79. The van der Waals surface area contributed by atoms with Crippen molar-refractivity contribution >= 4 is 5.97 Å². The number of likely N-dealkylation sites (tertiary alicyclic amines) is 1. The van der Waals surface area contributed by atoms with Gasteiger partial charge in [-0.1, -0.05) is 6.92 Å². The Balaban J connectivity index is 2.57. The molecule has 1 aliphatic heterocycles. The molecule has 4 nitrogen and oxygen atoms in total. The average molecular weight is 200 g/mol. The number of hydrogen-bond acceptors (Lipinski definition) is 4. The first-order valence-electron chi connectivity index (χ1n) is 5.18. The van der Waals surface area contributed by atoms with Crippen molar-refractivity contribution in [1.29, 1.82) is 0 Å². The lowest BCUT2D eigenvalue weighted by Crippen LogP contribution is -2.52. The molecule has 0 aliphatic carbocycles. The Morgan fingerprint density at radius 2 is 2.36 bits per heavy atom. The molecular weight excluding hydrogens is 180 g/mol. The van der Waals surface area contributed by atoms with Crippen LogP contribution in [0.1, 0.15) is 13.3 Å². The van der Waals surface area contributed by atoms with Crippen molar-refractivity contribution in [1.82, 2.24) is 10.2 Å². The summed E-state index contributed by atoms with van der Waals surface area (Å²) in [6.45, 7) is 4.85. The molecule has 0 amide bonds. The second-order valence-electron chi connectivity index (χ2n) is 3.84. The molecular formula is C10H20N2O2. The van der Waals surface area contributed by atoms with Gasteiger partial charge in [0, 0.05) is 12.6 Å². The quantitative estimate of drug-likeness (QED) is 0.656. The maximum atomic E-state index is 11.5. The van der Waals surface area contributed by atoms with E-state index in [9.17, 15) is 4.79 Å². The van der Waals surface area contributed by atoms with Gasteiger partial charge in [-0.05, 0) is 26.6 Å². The fraction of sp³-hybridized carbons (Fsp3) is 0.900. The van der Waals surface area contributed by atoms with Crippen molar-refractivity contribution in [3.63, 3.8) is 0 Å². The van der Waals surface area contributed by atoms with E-state index in [0.717, 1.165) is 26.1 Å². The van der Waals surface area contributed by atoms with Crippen LogP contribution in [0.5, 0.6) is 0 Å². The molecule has 1 heterocycles. The minimum absolute atomic E-state index is 0.0242. The van der Waals surface area contributed by atoms with E-state index in [1.165, 1.54) is 7.11 Å². The Hall–Kier alpha value is -0.610. The lowest BCUT2D eigenvalue weighted by atomic mass is 9.92. The van der Waals surface area contributed by atoms with Gasteiger partial charge in [-0.3, -0.25) is 4.79 Å². The highest BCUT2D eigenvalue weighted by atomic mass is 16.5. The van der Waals surface area contributed by atoms with Crippen LogP contribution in [0.25, 0.3) is 0 Å². The third-order valence-corrected chi connectivity index (χ3v) is 2.79. The summed E-state index contributed by atoms with van der Waals surface area (Å²) in [7, 11) is 3.54. The number of methoxy groups -OCH3 is 1. The minimum Gasteiger partial charge on any atom is -0.469 e. The van der Waals surface area contributed by atoms with Gasteiger partial charge >= 0.3 is 5.97 Å². The van der Waals surface area contributed by atoms with Gasteiger partial charge in [0.05, 0.1) is 13.0 Å². The maximum Gasteiger partial charge on any atom is 0.310 e. The number of nitrogens with zero attached hydrogens (tertiary/aromatic N) is 1. The Bertz CT molecular complexity index is 197. The van der Waals surface area contributed by atoms with Gasteiger partial charge in [-0.15, -0.1) is 0 Å². The molecule has 1 N–H and O–H groups in total. The highest BCUT2D eigenvalue weighted by Gasteiger charge is 2.32. The Labute approximate surface area is 85.6 Å². The zero-order valence-electron chi connectivity index (χ0n) is 9.25. The first-order chi connectivity index (χ1) is 6.69. The number of nitrogens with one attached hydrogen (secondary N) is 1. The van der Waals surface area contributed by atoms with E-state index in [2.05, 4.69) is 24.2 Å². The largest absolute Gasteiger partial charge is 0.469 e. The van der Waals surface area contributed by atoms with Gasteiger partial charge in [0.2, 0.25) is 0 Å². The minimum atomic E-state index is -0.0796. The lowest BCUT2D eigenvalue weighted by molar-refractivity contribution is -0.148. The Kier molecular flexibility index (Phi) is 4.35. The molecule has 2 atom stereocenters. The number of carbonyl (C=O) groups excluding carboxylic acids is 1. The SMILES string of the molecule is CCNC1CN(C)CCC1C(=O)OC. The van der Waals surface area contributed by atoms with Crippen LogP contribution in [-0.4, -0.2) is 50.7 Å². The fourth-order valence-corrected chi connectivity index (χ4v) is 2.02. The van der Waals surface area contributed by atoms with E-state index < -0.39 is 0 Å². The molecule has 0 aromatic heterocycles. The molecule has 14 heavy (non-hydrogen) atoms. The first kappa shape index (κ1) is 11.5. The molecule has 1 aliphatic rings. The van der Waals surface area contributed by atoms with Crippen molar-refractivity contribution in [3.8, 4) is 0 Å². The van der Waals surface area contributed by atoms with Gasteiger partial charge in [0.15, 0.2) is 0 Å². The van der Waals surface area contributed by atoms with E-state index >= 15 is 0 Å². The molecule has 1 fully saturated rings. The van der Waals surface area contributed by atoms with Crippen LogP contribution in [0, 0.1) is 5.92 Å². The molecule has 82 valence electrons. The highest BCUT2D eigenvalue weighted by molar-refractivity contribution is 5.73. The smallest absolute Gasteiger partial charge is 0.310 e. The number of carbonyl (C=O) groups is 1. The van der Waals surface area contributed by atoms with E-state index in [-0.39, 0.29) is 17.9 Å². The summed E-state index contributed by atoms with van der Waals surface area (Å²) in [6.07, 6.45) is 0.890. The van der Waals surface area contributed by atoms with Crippen molar-refractivity contribution in [2.45, 2.75) is 19.4 Å². The summed E-state index contributed by atoms with van der Waals surface area (Å²) in [5, 5.41) is 3.34. The van der Waals surface area contributed by atoms with Crippen molar-refractivity contribution < 1.29 is 9.53 Å². The summed E-state index contributed by atoms with van der Waals surface area (Å²) in [5.74, 6) is -0.0554. The van der Waals surface area contributed by atoms with Crippen LogP contribution in [-0.2, 0) is 9.53 Å². The summed E-state index contributed by atoms with van der Waals surface area (Å²) in [4.78, 5) is 13.7. The van der Waals surface area contributed by atoms with Gasteiger partial charge in [0.1, 0.15) is 0 Å². The molecule has 1 saturated heterocycles. The van der Waals surface area contributed by atoms with Crippen molar-refractivity contribution in [2.75, 3.05) is 33.8 Å². The standard InChI is InChI=1S/C10H20N2O2/c1-4-11-9-7-12(2)6-5-8(9)10(13)14-3/h8-9,11H,4-7H2,1-3H3. The summed E-state index contributed by atoms with van der Waals surface area (Å²) in [5.41, 5.74) is 0. The first-order valence-corrected chi connectivity index (χ1v) is 5.18. The zero-order valence-corrected chi connectivity index (χ0v) is 9.25. The van der Waals surface area contributed by atoms with Gasteiger partial charge in [-0.2, -0.15) is 0 Å². The second-order valence-corrected chi connectivity index (χ2v) is 3.84.